The molecule has 0 saturated heterocycles. The number of hydrogen-bond acceptors (Lipinski definition) is 7. The van der Waals surface area contributed by atoms with Crippen LogP contribution in [0.3, 0.4) is 0 Å². The zero-order chi connectivity index (χ0) is 20.2. The molecule has 0 aromatic heterocycles. The second-order valence-corrected chi connectivity index (χ2v) is 10.3. The molecule has 2 aromatic rings. The molecule has 0 amide bonds. The summed E-state index contributed by atoms with van der Waals surface area (Å²) in [6, 6.07) is 11.7. The standard InChI is InChI=1S/C18H21NO6S2.ClH/c1-26(21,22)15-8-14(9-16(11-15)27(2,23)24)10-17(19)18(20)25-12-13-6-4-3-5-7-13;/h3-9,11,17H,10,12,19H2,1-2H3;1H. The highest BCUT2D eigenvalue weighted by molar-refractivity contribution is 7.91. The molecule has 2 rings (SSSR count). The molecule has 1 atom stereocenters. The Balaban J connectivity index is 0.00000392. The maximum Gasteiger partial charge on any atom is 0.323 e. The third-order valence-electron chi connectivity index (χ3n) is 3.78. The average Bonchev–Trinajstić information content (AvgIpc) is 2.58. The summed E-state index contributed by atoms with van der Waals surface area (Å²) >= 11 is 0. The van der Waals surface area contributed by atoms with Crippen LogP contribution < -0.4 is 5.73 Å². The van der Waals surface area contributed by atoms with E-state index in [0.717, 1.165) is 24.1 Å². The molecule has 1 unspecified atom stereocenters. The van der Waals surface area contributed by atoms with Crippen molar-refractivity contribution >= 4 is 38.1 Å². The third-order valence-corrected chi connectivity index (χ3v) is 5.96. The number of esters is 1. The summed E-state index contributed by atoms with van der Waals surface area (Å²) < 4.78 is 52.5. The number of nitrogens with two attached hydrogens (primary N) is 1. The molecular formula is C18H22ClNO6S2. The number of ether oxygens (including phenoxy) is 1. The van der Waals surface area contributed by atoms with Crippen molar-refractivity contribution in [3.05, 3.63) is 59.7 Å². The van der Waals surface area contributed by atoms with Crippen molar-refractivity contribution < 1.29 is 26.4 Å². The molecule has 0 radical (unpaired) electrons. The van der Waals surface area contributed by atoms with Crippen LogP contribution >= 0.6 is 12.4 Å². The van der Waals surface area contributed by atoms with Gasteiger partial charge in [-0.1, -0.05) is 30.3 Å². The summed E-state index contributed by atoms with van der Waals surface area (Å²) in [7, 11) is -7.26. The molecule has 10 heteroatoms. The SMILES string of the molecule is CS(=O)(=O)c1cc(CC(N)C(=O)OCc2ccccc2)cc(S(C)(=O)=O)c1.Cl. The van der Waals surface area contributed by atoms with Crippen LogP contribution in [0.1, 0.15) is 11.1 Å². The molecular weight excluding hydrogens is 426 g/mol. The zero-order valence-electron chi connectivity index (χ0n) is 15.4. The number of carbonyl (C=O) groups excluding carboxylic acids is 1. The van der Waals surface area contributed by atoms with Crippen molar-refractivity contribution in [3.63, 3.8) is 0 Å². The van der Waals surface area contributed by atoms with Crippen LogP contribution in [0, 0.1) is 0 Å². The smallest absolute Gasteiger partial charge is 0.323 e. The van der Waals surface area contributed by atoms with Gasteiger partial charge in [-0.15, -0.1) is 12.4 Å². The molecule has 28 heavy (non-hydrogen) atoms. The van der Waals surface area contributed by atoms with Gasteiger partial charge >= 0.3 is 5.97 Å². The van der Waals surface area contributed by atoms with Gasteiger partial charge in [0.1, 0.15) is 12.6 Å². The molecule has 0 spiro atoms. The van der Waals surface area contributed by atoms with E-state index in [0.29, 0.717) is 5.56 Å². The highest BCUT2D eigenvalue weighted by atomic mass is 35.5. The monoisotopic (exact) mass is 447 g/mol. The number of sulfone groups is 2. The summed E-state index contributed by atoms with van der Waals surface area (Å²) in [5.74, 6) is -0.662. The Morgan fingerprint density at radius 2 is 1.43 bits per heavy atom. The summed E-state index contributed by atoms with van der Waals surface area (Å²) in [6.45, 7) is 0.0609. The Morgan fingerprint density at radius 3 is 1.89 bits per heavy atom. The summed E-state index contributed by atoms with van der Waals surface area (Å²) in [5.41, 5.74) is 6.98. The van der Waals surface area contributed by atoms with Gasteiger partial charge in [-0.05, 0) is 35.7 Å². The molecule has 0 aliphatic heterocycles. The minimum Gasteiger partial charge on any atom is -0.460 e. The highest BCUT2D eigenvalue weighted by Crippen LogP contribution is 2.20. The van der Waals surface area contributed by atoms with Gasteiger partial charge in [-0.25, -0.2) is 16.8 Å². The minimum absolute atomic E-state index is 0. The van der Waals surface area contributed by atoms with Crippen molar-refractivity contribution in [2.75, 3.05) is 12.5 Å². The molecule has 0 bridgehead atoms. The Kier molecular flexibility index (Phi) is 8.18. The molecule has 2 aromatic carbocycles. The fourth-order valence-corrected chi connectivity index (χ4v) is 3.84. The lowest BCUT2D eigenvalue weighted by molar-refractivity contribution is -0.146. The lowest BCUT2D eigenvalue weighted by atomic mass is 10.1. The van der Waals surface area contributed by atoms with Crippen LogP contribution in [0.25, 0.3) is 0 Å². The first kappa shape index (κ1) is 24.1. The fourth-order valence-electron chi connectivity index (χ4n) is 2.35. The molecule has 154 valence electrons. The lowest BCUT2D eigenvalue weighted by Crippen LogP contribution is -2.34. The zero-order valence-corrected chi connectivity index (χ0v) is 17.8. The second-order valence-electron chi connectivity index (χ2n) is 6.26. The molecule has 2 N–H and O–H groups in total. The van der Waals surface area contributed by atoms with Crippen molar-refractivity contribution in [3.8, 4) is 0 Å². The largest absolute Gasteiger partial charge is 0.460 e. The van der Waals surface area contributed by atoms with Gasteiger partial charge in [0, 0.05) is 12.5 Å². The Hall–Kier alpha value is -1.94. The van der Waals surface area contributed by atoms with E-state index >= 15 is 0 Å². The van der Waals surface area contributed by atoms with Gasteiger partial charge < -0.3 is 10.5 Å². The molecule has 0 heterocycles. The quantitative estimate of drug-likeness (QED) is 0.639. The van der Waals surface area contributed by atoms with E-state index in [1.165, 1.54) is 12.1 Å². The minimum atomic E-state index is -3.63. The first-order chi connectivity index (χ1) is 12.5. The van der Waals surface area contributed by atoms with Gasteiger partial charge in [0.2, 0.25) is 0 Å². The number of benzene rings is 2. The van der Waals surface area contributed by atoms with E-state index in [4.69, 9.17) is 10.5 Å². The van der Waals surface area contributed by atoms with Gasteiger partial charge in [0.05, 0.1) is 9.79 Å². The predicted octanol–water partition coefficient (Wildman–Crippen LogP) is 1.53. The van der Waals surface area contributed by atoms with E-state index in [1.807, 2.05) is 18.2 Å². The second kappa shape index (κ2) is 9.51. The summed E-state index contributed by atoms with van der Waals surface area (Å²) in [5, 5.41) is 0. The van der Waals surface area contributed by atoms with Crippen LogP contribution in [-0.2, 0) is 42.2 Å². The van der Waals surface area contributed by atoms with Crippen LogP contribution in [0.4, 0.5) is 0 Å². The fraction of sp³-hybridized carbons (Fsp3) is 0.278. The molecule has 0 saturated carbocycles. The van der Waals surface area contributed by atoms with Gasteiger partial charge in [-0.2, -0.15) is 0 Å². The molecule has 0 aliphatic rings. The number of rotatable bonds is 7. The third kappa shape index (κ3) is 6.90. The van der Waals surface area contributed by atoms with Crippen LogP contribution in [0.2, 0.25) is 0 Å². The van der Waals surface area contributed by atoms with Crippen molar-refractivity contribution in [2.24, 2.45) is 5.73 Å². The highest BCUT2D eigenvalue weighted by Gasteiger charge is 2.20. The van der Waals surface area contributed by atoms with E-state index in [-0.39, 0.29) is 35.2 Å². The summed E-state index contributed by atoms with van der Waals surface area (Å²) in [6.07, 6.45) is 1.90. The van der Waals surface area contributed by atoms with Gasteiger partial charge in [0.15, 0.2) is 19.7 Å². The van der Waals surface area contributed by atoms with Crippen molar-refractivity contribution in [1.82, 2.24) is 0 Å². The number of halogens is 1. The van der Waals surface area contributed by atoms with Crippen LogP contribution in [-0.4, -0.2) is 41.4 Å². The van der Waals surface area contributed by atoms with Gasteiger partial charge in [0.25, 0.3) is 0 Å². The Labute approximate surface area is 171 Å². The lowest BCUT2D eigenvalue weighted by Gasteiger charge is -2.13. The first-order valence-electron chi connectivity index (χ1n) is 7.97. The maximum absolute atomic E-state index is 12.1. The van der Waals surface area contributed by atoms with Crippen molar-refractivity contribution in [1.29, 1.82) is 0 Å². The number of hydrogen-bond donors (Lipinski definition) is 1. The molecule has 0 fully saturated rings. The maximum atomic E-state index is 12.1. The summed E-state index contributed by atoms with van der Waals surface area (Å²) in [4.78, 5) is 11.8. The Morgan fingerprint density at radius 1 is 0.929 bits per heavy atom. The number of carbonyl (C=O) groups is 1. The van der Waals surface area contributed by atoms with Crippen LogP contribution in [0.5, 0.6) is 0 Å². The van der Waals surface area contributed by atoms with E-state index in [2.05, 4.69) is 0 Å². The topological polar surface area (TPSA) is 121 Å². The van der Waals surface area contributed by atoms with E-state index in [9.17, 15) is 21.6 Å². The Bertz CT molecular complexity index is 987. The van der Waals surface area contributed by atoms with Crippen LogP contribution in [0.15, 0.2) is 58.3 Å². The van der Waals surface area contributed by atoms with Crippen molar-refractivity contribution in [2.45, 2.75) is 28.9 Å². The van der Waals surface area contributed by atoms with E-state index in [1.54, 1.807) is 12.1 Å². The molecule has 7 nitrogen and oxygen atoms in total. The average molecular weight is 448 g/mol. The first-order valence-corrected chi connectivity index (χ1v) is 11.8. The van der Waals surface area contributed by atoms with Gasteiger partial charge in [-0.3, -0.25) is 4.79 Å². The van der Waals surface area contributed by atoms with E-state index < -0.39 is 31.7 Å². The predicted molar refractivity (Wildman–Crippen MR) is 108 cm³/mol. The normalized spacial score (nSPS) is 12.7. The molecule has 0 aliphatic carbocycles.